The third-order valence-electron chi connectivity index (χ3n) is 8.64. The van der Waals surface area contributed by atoms with Gasteiger partial charge in [0.15, 0.2) is 0 Å². The highest BCUT2D eigenvalue weighted by Crippen LogP contribution is 2.28. The minimum Gasteiger partial charge on any atom is -0.471 e. The zero-order valence-electron chi connectivity index (χ0n) is 37.1. The van der Waals surface area contributed by atoms with Crippen LogP contribution in [0.2, 0.25) is 5.28 Å². The maximum absolute atomic E-state index is 10.6. The van der Waals surface area contributed by atoms with Crippen molar-refractivity contribution in [2.75, 3.05) is 22.1 Å². The summed E-state index contributed by atoms with van der Waals surface area (Å²) in [6.07, 6.45) is 1.63. The molecule has 22 nitrogen and oxygen atoms in total. The number of rotatable bonds is 15. The lowest BCUT2D eigenvalue weighted by atomic mass is 10.3. The number of non-ortho nitro benzene ring substituents is 2. The fraction of sp³-hybridized carbons (Fsp3) is 0.286. The first-order valence-corrected chi connectivity index (χ1v) is 22.7. The number of hydrogen-bond donors (Lipinski definition) is 7. The number of hydrogen-bond acceptors (Lipinski definition) is 20. The normalized spacial score (nSPS) is 13.1. The monoisotopic (exact) mass is 1150 g/mol. The summed E-state index contributed by atoms with van der Waals surface area (Å²) < 4.78 is 18.3. The number of aromatic nitrogens is 6. The van der Waals surface area contributed by atoms with E-state index in [1.807, 2.05) is 12.1 Å². The van der Waals surface area contributed by atoms with Crippen LogP contribution in [0.25, 0.3) is 0 Å². The van der Waals surface area contributed by atoms with Gasteiger partial charge >= 0.3 is 0 Å². The Morgan fingerprint density at radius 2 is 0.838 bits per heavy atom. The molecule has 0 unspecified atom stereocenters. The second-order valence-corrected chi connectivity index (χ2v) is 17.1. The fourth-order valence-electron chi connectivity index (χ4n) is 4.31. The van der Waals surface area contributed by atoms with Crippen molar-refractivity contribution in [1.82, 2.24) is 29.9 Å². The molecule has 0 saturated heterocycles. The Balaban J connectivity index is 0.000000251. The van der Waals surface area contributed by atoms with Crippen LogP contribution in [-0.2, 0) is 0 Å². The molecule has 0 spiro atoms. The summed E-state index contributed by atoms with van der Waals surface area (Å²) in [4.78, 5) is 44.2. The fourth-order valence-corrected chi connectivity index (χ4v) is 5.29. The number of ether oxygens (including phenoxy) is 3. The number of nitro groups is 2. The van der Waals surface area contributed by atoms with E-state index >= 15 is 0 Å². The number of halogens is 4. The molecule has 0 aliphatic heterocycles. The number of nitrogens with two attached hydrogens (primary N) is 2. The van der Waals surface area contributed by atoms with Gasteiger partial charge < -0.3 is 51.6 Å². The Labute approximate surface area is 420 Å². The summed E-state index contributed by atoms with van der Waals surface area (Å²) >= 11 is 15.4. The van der Waals surface area contributed by atoms with Gasteiger partial charge in [-0.25, -0.2) is 15.0 Å². The minimum absolute atomic E-state index is 0.00190. The van der Waals surface area contributed by atoms with Crippen LogP contribution >= 0.6 is 59.4 Å². The molecule has 0 aliphatic carbocycles. The van der Waals surface area contributed by atoms with Crippen molar-refractivity contribution in [1.29, 1.82) is 0 Å². The van der Waals surface area contributed by atoms with Gasteiger partial charge in [0.1, 0.15) is 18.3 Å². The zero-order chi connectivity index (χ0) is 50.7. The van der Waals surface area contributed by atoms with Crippen LogP contribution < -0.4 is 36.3 Å². The molecule has 3 aromatic heterocycles. The van der Waals surface area contributed by atoms with E-state index in [-0.39, 0.29) is 40.7 Å². The summed E-state index contributed by atoms with van der Waals surface area (Å²) in [6.45, 7) is 10.2. The van der Waals surface area contributed by atoms with E-state index in [2.05, 4.69) is 88.3 Å². The van der Waals surface area contributed by atoms with Crippen LogP contribution in [0.3, 0.4) is 0 Å². The van der Waals surface area contributed by atoms with E-state index in [9.17, 15) is 35.5 Å². The molecule has 0 radical (unpaired) electrons. The average molecular weight is 1160 g/mol. The van der Waals surface area contributed by atoms with Crippen LogP contribution in [0.15, 0.2) is 105 Å². The topological polar surface area (TPSA) is 328 Å². The molecular weight excluding hydrogens is 1110 g/mol. The van der Waals surface area contributed by atoms with E-state index in [4.69, 9.17) is 37.3 Å². The lowest BCUT2D eigenvalue weighted by Crippen LogP contribution is -2.26. The van der Waals surface area contributed by atoms with Gasteiger partial charge in [-0.3, -0.25) is 20.2 Å². The molecule has 0 amide bonds. The van der Waals surface area contributed by atoms with Crippen LogP contribution in [0.4, 0.5) is 46.0 Å². The summed E-state index contributed by atoms with van der Waals surface area (Å²) in [5.74, 6) is 1.66. The van der Waals surface area contributed by atoms with Gasteiger partial charge in [0, 0.05) is 53.2 Å². The third kappa shape index (κ3) is 19.6. The van der Waals surface area contributed by atoms with Gasteiger partial charge in [0.05, 0.1) is 54.0 Å². The van der Waals surface area contributed by atoms with E-state index in [0.29, 0.717) is 48.2 Å². The average Bonchev–Trinajstić information content (AvgIpc) is 3.28. The maximum atomic E-state index is 10.6. The van der Waals surface area contributed by atoms with Crippen molar-refractivity contribution in [3.05, 3.63) is 130 Å². The van der Waals surface area contributed by atoms with Crippen LogP contribution in [0.5, 0.6) is 17.6 Å². The van der Waals surface area contributed by atoms with Gasteiger partial charge in [-0.15, -0.1) is 0 Å². The summed E-state index contributed by atoms with van der Waals surface area (Å²) in [6, 6.07) is 18.9. The van der Waals surface area contributed by atoms with Gasteiger partial charge in [-0.1, -0.05) is 0 Å². The SMILES string of the molecule is C[C@@H](O)[C@@H](C)Oc1nc(Cl)ncc1Br.C[C@@H](O)[C@@H](C)Oc1nc(Nc2ccc(N)cc2)ncc1Br.C[C@@H](O)[C@@H](C)Oc1nc(Nc2ccc([N+](=O)[O-])cc2)ncc1Br.Nc1ccc([N+](=O)[O-])cc1. The molecule has 0 saturated carbocycles. The number of nitrogens with one attached hydrogen (secondary N) is 2. The van der Waals surface area contributed by atoms with Gasteiger partial charge in [0.2, 0.25) is 34.8 Å². The smallest absolute Gasteiger partial charge is 0.269 e. The first-order chi connectivity index (χ1) is 32.0. The van der Waals surface area contributed by atoms with Crippen LogP contribution in [0, 0.1) is 20.2 Å². The molecule has 68 heavy (non-hydrogen) atoms. The number of aliphatic hydroxyl groups is 3. The molecule has 0 fully saturated rings. The van der Waals surface area contributed by atoms with Gasteiger partial charge in [-0.05, 0) is 149 Å². The van der Waals surface area contributed by atoms with Crippen molar-refractivity contribution in [2.45, 2.75) is 78.2 Å². The van der Waals surface area contributed by atoms with E-state index in [1.54, 1.807) is 72.0 Å². The summed E-state index contributed by atoms with van der Waals surface area (Å²) in [5, 5.41) is 55.0. The molecule has 6 aromatic rings. The van der Waals surface area contributed by atoms with E-state index in [0.717, 1.165) is 5.69 Å². The number of anilines is 6. The molecule has 0 aliphatic rings. The second-order valence-electron chi connectivity index (χ2n) is 14.2. The number of benzene rings is 3. The first kappa shape index (κ1) is 56.2. The van der Waals surface area contributed by atoms with Gasteiger partial charge in [0.25, 0.3) is 11.4 Å². The van der Waals surface area contributed by atoms with Crippen LogP contribution in [0.1, 0.15) is 41.5 Å². The molecular formula is C42H48Br3ClN12O10. The molecule has 6 rings (SSSR count). The molecule has 9 N–H and O–H groups in total. The van der Waals surface area contributed by atoms with Crippen molar-refractivity contribution >= 4 is 105 Å². The third-order valence-corrected chi connectivity index (χ3v) is 10.5. The lowest BCUT2D eigenvalue weighted by molar-refractivity contribution is -0.385. The van der Waals surface area contributed by atoms with Crippen molar-refractivity contribution in [3.8, 4) is 17.6 Å². The maximum Gasteiger partial charge on any atom is 0.269 e. The Morgan fingerprint density at radius 3 is 1.18 bits per heavy atom. The van der Waals surface area contributed by atoms with Crippen molar-refractivity contribution in [3.63, 3.8) is 0 Å². The molecule has 3 heterocycles. The lowest BCUT2D eigenvalue weighted by Gasteiger charge is -2.17. The molecule has 3 aromatic carbocycles. The molecule has 0 bridgehead atoms. The highest BCUT2D eigenvalue weighted by molar-refractivity contribution is 9.11. The van der Waals surface area contributed by atoms with Gasteiger partial charge in [-0.2, -0.15) is 15.0 Å². The standard InChI is InChI=1S/C14H15BrN4O4.C14H17BrN4O2.C8H10BrClN2O2.C6H6N2O2/c1-8(20)9(2)23-13-12(15)7-16-14(18-13)17-10-3-5-11(6-4-10)19(21)22;1-8(20)9(2)21-13-12(15)7-17-14(19-13)18-11-5-3-10(16)4-6-11;1-4(13)5(2)14-7-6(9)3-11-8(10)12-7;7-5-1-3-6(4-2-5)8(9)10/h3-9,20H,1-2H3,(H,16,17,18);3-9,20H,16H2,1-2H3,(H,17,18,19);3-5,13H,1-2H3;1-4H,7H2/t2*8-,9-;4-,5-;/m111./s1. The Bertz CT molecular complexity index is 2540. The predicted molar refractivity (Wildman–Crippen MR) is 268 cm³/mol. The Kier molecular flexibility index (Phi) is 22.9. The number of aliphatic hydroxyl groups excluding tert-OH is 3. The first-order valence-electron chi connectivity index (χ1n) is 19.9. The second kappa shape index (κ2) is 27.7. The zero-order valence-corrected chi connectivity index (χ0v) is 42.6. The van der Waals surface area contributed by atoms with Crippen molar-refractivity contribution < 1.29 is 39.4 Å². The van der Waals surface area contributed by atoms with E-state index in [1.165, 1.54) is 48.8 Å². The quantitative estimate of drug-likeness (QED) is 0.0218. The number of nitro benzene ring substituents is 2. The summed E-state index contributed by atoms with van der Waals surface area (Å²) in [5.41, 5.74) is 13.7. The Hall–Kier alpha value is -6.09. The van der Waals surface area contributed by atoms with E-state index < -0.39 is 34.3 Å². The number of nitrogens with zero attached hydrogens (tertiary/aromatic N) is 8. The highest BCUT2D eigenvalue weighted by atomic mass is 79.9. The molecule has 6 atom stereocenters. The van der Waals surface area contributed by atoms with Crippen LogP contribution in [-0.4, -0.2) is 91.7 Å². The predicted octanol–water partition coefficient (Wildman–Crippen LogP) is 8.97. The molecule has 26 heteroatoms. The Morgan fingerprint density at radius 1 is 0.544 bits per heavy atom. The molecule has 364 valence electrons. The highest BCUT2D eigenvalue weighted by Gasteiger charge is 2.17. The minimum atomic E-state index is -0.650. The number of nitrogen functional groups attached to an aromatic ring is 2. The summed E-state index contributed by atoms with van der Waals surface area (Å²) in [7, 11) is 0. The van der Waals surface area contributed by atoms with Crippen molar-refractivity contribution in [2.24, 2.45) is 0 Å². The largest absolute Gasteiger partial charge is 0.471 e.